The molecule has 1 heterocycles. The van der Waals surface area contributed by atoms with Gasteiger partial charge < -0.3 is 30.5 Å². The topological polar surface area (TPSA) is 109 Å². The van der Waals surface area contributed by atoms with E-state index in [0.717, 1.165) is 5.56 Å². The van der Waals surface area contributed by atoms with Crippen molar-refractivity contribution in [2.45, 2.75) is 50.5 Å². The first-order chi connectivity index (χ1) is 15.5. The van der Waals surface area contributed by atoms with E-state index in [2.05, 4.69) is 16.0 Å². The maximum absolute atomic E-state index is 12.5. The number of aliphatic hydroxyl groups excluding tert-OH is 1. The Bertz CT molecular complexity index is 892. The Morgan fingerprint density at radius 2 is 1.84 bits per heavy atom. The largest absolute Gasteiger partial charge is 0.495 e. The maximum Gasteiger partial charge on any atom is 0.319 e. The standard InChI is InChI=1S/C24H31N3O5/c1-16(17-8-4-3-5-9-17)25-23(29)14-18-12-13-20(22(15-28)32-18)27-24(30)26-19-10-6-7-11-21(19)31-2/h3-11,16,18,20,22,28H,12-15H2,1-2H3,(H,25,29)(H2,26,27,30)/t16-,18+,20-,22+/m0/s1. The highest BCUT2D eigenvalue weighted by molar-refractivity contribution is 5.91. The molecule has 3 rings (SSSR count). The third kappa shape index (κ3) is 6.45. The molecule has 0 unspecified atom stereocenters. The second-order valence-electron chi connectivity index (χ2n) is 7.87. The Kier molecular flexibility index (Phi) is 8.47. The van der Waals surface area contributed by atoms with Crippen LogP contribution in [-0.4, -0.2) is 49.0 Å². The molecular formula is C24H31N3O5. The number of carbonyl (C=O) groups excluding carboxylic acids is 2. The molecule has 32 heavy (non-hydrogen) atoms. The number of anilines is 1. The van der Waals surface area contributed by atoms with Gasteiger partial charge in [0.05, 0.1) is 44.0 Å². The van der Waals surface area contributed by atoms with Crippen molar-refractivity contribution >= 4 is 17.6 Å². The predicted octanol–water partition coefficient (Wildman–Crippen LogP) is 2.99. The molecule has 1 aliphatic rings. The lowest BCUT2D eigenvalue weighted by Crippen LogP contribution is -2.52. The number of amides is 3. The minimum atomic E-state index is -0.587. The molecule has 1 saturated heterocycles. The van der Waals surface area contributed by atoms with E-state index >= 15 is 0 Å². The quantitative estimate of drug-likeness (QED) is 0.504. The average Bonchev–Trinajstić information content (AvgIpc) is 2.80. The van der Waals surface area contributed by atoms with Crippen LogP contribution >= 0.6 is 0 Å². The number of ether oxygens (including phenoxy) is 2. The van der Waals surface area contributed by atoms with Crippen LogP contribution in [-0.2, 0) is 9.53 Å². The van der Waals surface area contributed by atoms with Gasteiger partial charge in [0, 0.05) is 0 Å². The number of hydrogen-bond donors (Lipinski definition) is 4. The van der Waals surface area contributed by atoms with Gasteiger partial charge in [0.2, 0.25) is 5.91 Å². The fraction of sp³-hybridized carbons (Fsp3) is 0.417. The average molecular weight is 442 g/mol. The van der Waals surface area contributed by atoms with Gasteiger partial charge in [-0.3, -0.25) is 4.79 Å². The van der Waals surface area contributed by atoms with Gasteiger partial charge in [-0.2, -0.15) is 0 Å². The highest BCUT2D eigenvalue weighted by Gasteiger charge is 2.33. The third-order valence-corrected chi connectivity index (χ3v) is 5.56. The molecule has 0 radical (unpaired) electrons. The van der Waals surface area contributed by atoms with Crippen molar-refractivity contribution in [3.8, 4) is 5.75 Å². The third-order valence-electron chi connectivity index (χ3n) is 5.56. The summed E-state index contributed by atoms with van der Waals surface area (Å²) in [6.45, 7) is 1.68. The summed E-state index contributed by atoms with van der Waals surface area (Å²) in [7, 11) is 1.53. The molecule has 0 spiro atoms. The van der Waals surface area contributed by atoms with Crippen LogP contribution in [0.5, 0.6) is 5.75 Å². The predicted molar refractivity (Wildman–Crippen MR) is 122 cm³/mol. The molecular weight excluding hydrogens is 410 g/mol. The van der Waals surface area contributed by atoms with E-state index in [1.165, 1.54) is 7.11 Å². The van der Waals surface area contributed by atoms with Crippen molar-refractivity contribution in [3.05, 3.63) is 60.2 Å². The van der Waals surface area contributed by atoms with Crippen molar-refractivity contribution in [1.29, 1.82) is 0 Å². The van der Waals surface area contributed by atoms with E-state index < -0.39 is 12.1 Å². The number of benzene rings is 2. The van der Waals surface area contributed by atoms with E-state index in [1.54, 1.807) is 18.2 Å². The van der Waals surface area contributed by atoms with Crippen molar-refractivity contribution in [3.63, 3.8) is 0 Å². The summed E-state index contributed by atoms with van der Waals surface area (Å²) in [4.78, 5) is 24.9. The molecule has 3 amide bonds. The number of nitrogens with one attached hydrogen (secondary N) is 3. The number of urea groups is 1. The monoisotopic (exact) mass is 441 g/mol. The highest BCUT2D eigenvalue weighted by Crippen LogP contribution is 2.25. The summed E-state index contributed by atoms with van der Waals surface area (Å²) < 4.78 is 11.2. The Balaban J connectivity index is 1.48. The Morgan fingerprint density at radius 1 is 1.12 bits per heavy atom. The number of aliphatic hydroxyl groups is 1. The second kappa shape index (κ2) is 11.5. The van der Waals surface area contributed by atoms with E-state index in [0.29, 0.717) is 24.3 Å². The lowest BCUT2D eigenvalue weighted by atomic mass is 9.97. The normalized spacial score (nSPS) is 21.3. The molecule has 1 fully saturated rings. The van der Waals surface area contributed by atoms with Crippen molar-refractivity contribution < 1.29 is 24.2 Å². The second-order valence-corrected chi connectivity index (χ2v) is 7.87. The fourth-order valence-electron chi connectivity index (χ4n) is 3.85. The molecule has 0 aromatic heterocycles. The lowest BCUT2D eigenvalue weighted by Gasteiger charge is -2.36. The fourth-order valence-corrected chi connectivity index (χ4v) is 3.85. The summed E-state index contributed by atoms with van der Waals surface area (Å²) in [5, 5.41) is 18.4. The molecule has 4 N–H and O–H groups in total. The van der Waals surface area contributed by atoms with Gasteiger partial charge in [-0.15, -0.1) is 0 Å². The van der Waals surface area contributed by atoms with Gasteiger partial charge in [0.15, 0.2) is 0 Å². The summed E-state index contributed by atoms with van der Waals surface area (Å²) in [5.74, 6) is 0.445. The summed E-state index contributed by atoms with van der Waals surface area (Å²) in [5.41, 5.74) is 1.58. The Morgan fingerprint density at radius 3 is 2.56 bits per heavy atom. The van der Waals surface area contributed by atoms with Crippen LogP contribution in [0.15, 0.2) is 54.6 Å². The van der Waals surface area contributed by atoms with Crippen LogP contribution < -0.4 is 20.7 Å². The number of para-hydroxylation sites is 2. The number of rotatable bonds is 8. The van der Waals surface area contributed by atoms with Gasteiger partial charge in [-0.05, 0) is 37.5 Å². The minimum Gasteiger partial charge on any atom is -0.495 e. The van der Waals surface area contributed by atoms with Crippen molar-refractivity contribution in [1.82, 2.24) is 10.6 Å². The van der Waals surface area contributed by atoms with Crippen LogP contribution in [0.3, 0.4) is 0 Å². The first-order valence-corrected chi connectivity index (χ1v) is 10.8. The van der Waals surface area contributed by atoms with Gasteiger partial charge in [-0.25, -0.2) is 4.79 Å². The van der Waals surface area contributed by atoms with Crippen LogP contribution in [0.25, 0.3) is 0 Å². The maximum atomic E-state index is 12.5. The van der Waals surface area contributed by atoms with E-state index in [9.17, 15) is 14.7 Å². The van der Waals surface area contributed by atoms with Crippen LogP contribution in [0, 0.1) is 0 Å². The molecule has 2 aromatic rings. The molecule has 2 aromatic carbocycles. The summed E-state index contributed by atoms with van der Waals surface area (Å²) in [6.07, 6.45) is 0.496. The zero-order chi connectivity index (χ0) is 22.9. The zero-order valence-corrected chi connectivity index (χ0v) is 18.4. The van der Waals surface area contributed by atoms with E-state index in [-0.39, 0.29) is 37.1 Å². The number of carbonyl (C=O) groups is 2. The van der Waals surface area contributed by atoms with Crippen molar-refractivity contribution in [2.75, 3.05) is 19.0 Å². The summed E-state index contributed by atoms with van der Waals surface area (Å²) >= 11 is 0. The van der Waals surface area contributed by atoms with Gasteiger partial charge in [0.1, 0.15) is 11.9 Å². The number of hydrogen-bond acceptors (Lipinski definition) is 5. The van der Waals surface area contributed by atoms with E-state index in [1.807, 2.05) is 43.3 Å². The van der Waals surface area contributed by atoms with Crippen LogP contribution in [0.1, 0.15) is 37.8 Å². The zero-order valence-electron chi connectivity index (χ0n) is 18.4. The van der Waals surface area contributed by atoms with Gasteiger partial charge in [-0.1, -0.05) is 42.5 Å². The first-order valence-electron chi connectivity index (χ1n) is 10.8. The molecule has 172 valence electrons. The smallest absolute Gasteiger partial charge is 0.319 e. The number of methoxy groups -OCH3 is 1. The molecule has 1 aliphatic heterocycles. The summed E-state index contributed by atoms with van der Waals surface area (Å²) in [6, 6.07) is 16.0. The SMILES string of the molecule is COc1ccccc1NC(=O)N[C@H]1CC[C@H](CC(=O)N[C@@H](C)c2ccccc2)O[C@@H]1CO. The Hall–Kier alpha value is -3.10. The van der Waals surface area contributed by atoms with Gasteiger partial charge in [0.25, 0.3) is 0 Å². The molecule has 0 bridgehead atoms. The van der Waals surface area contributed by atoms with Crippen molar-refractivity contribution in [2.24, 2.45) is 0 Å². The Labute approximate surface area is 188 Å². The molecule has 0 aliphatic carbocycles. The van der Waals surface area contributed by atoms with Crippen LogP contribution in [0.2, 0.25) is 0 Å². The van der Waals surface area contributed by atoms with E-state index in [4.69, 9.17) is 9.47 Å². The molecule has 4 atom stereocenters. The van der Waals surface area contributed by atoms with Crippen LogP contribution in [0.4, 0.5) is 10.5 Å². The molecule has 8 nitrogen and oxygen atoms in total. The molecule has 0 saturated carbocycles. The molecule has 8 heteroatoms. The minimum absolute atomic E-state index is 0.103. The highest BCUT2D eigenvalue weighted by atomic mass is 16.5. The van der Waals surface area contributed by atoms with Gasteiger partial charge >= 0.3 is 6.03 Å². The lowest BCUT2D eigenvalue weighted by molar-refractivity contribution is -0.131. The first kappa shape index (κ1) is 23.6.